The van der Waals surface area contributed by atoms with Crippen molar-refractivity contribution in [1.82, 2.24) is 0 Å². The van der Waals surface area contributed by atoms with Gasteiger partial charge in [-0.05, 0) is 38.0 Å². The first-order chi connectivity index (χ1) is 7.66. The molecular formula is C13H22O2S. The van der Waals surface area contributed by atoms with E-state index in [0.717, 1.165) is 38.0 Å². The van der Waals surface area contributed by atoms with Crippen LogP contribution in [0.2, 0.25) is 0 Å². The molecule has 16 heavy (non-hydrogen) atoms. The second-order valence-electron chi connectivity index (χ2n) is 6.14. The van der Waals surface area contributed by atoms with E-state index in [1.165, 1.54) is 25.7 Å². The molecule has 2 saturated heterocycles. The van der Waals surface area contributed by atoms with E-state index in [4.69, 9.17) is 0 Å². The fourth-order valence-corrected chi connectivity index (χ4v) is 6.32. The molecular weight excluding hydrogens is 220 g/mol. The molecule has 2 atom stereocenters. The minimum absolute atomic E-state index is 0.310. The Labute approximate surface area is 100 Å². The van der Waals surface area contributed by atoms with Gasteiger partial charge < -0.3 is 5.11 Å². The predicted molar refractivity (Wildman–Crippen MR) is 65.7 cm³/mol. The summed E-state index contributed by atoms with van der Waals surface area (Å²) in [5.74, 6) is 0.746. The Balaban J connectivity index is 1.67. The van der Waals surface area contributed by atoms with Gasteiger partial charge in [0.25, 0.3) is 0 Å². The van der Waals surface area contributed by atoms with Crippen LogP contribution < -0.4 is 0 Å². The number of rotatable bonds is 2. The zero-order chi connectivity index (χ0) is 11.2. The lowest BCUT2D eigenvalue weighted by Crippen LogP contribution is -2.43. The average Bonchev–Trinajstić information content (AvgIpc) is 2.77. The van der Waals surface area contributed by atoms with E-state index >= 15 is 0 Å². The lowest BCUT2D eigenvalue weighted by atomic mass is 9.83. The first kappa shape index (κ1) is 11.2. The van der Waals surface area contributed by atoms with Crippen molar-refractivity contribution in [3.05, 3.63) is 0 Å². The highest BCUT2D eigenvalue weighted by Crippen LogP contribution is 2.45. The highest BCUT2D eigenvalue weighted by atomic mass is 32.2. The van der Waals surface area contributed by atoms with Crippen molar-refractivity contribution in [2.45, 2.75) is 73.9 Å². The number of fused-ring (bicyclic) bond motifs is 2. The minimum Gasteiger partial charge on any atom is -0.390 e. The highest BCUT2D eigenvalue weighted by Gasteiger charge is 2.48. The summed E-state index contributed by atoms with van der Waals surface area (Å²) in [6, 6.07) is 0. The van der Waals surface area contributed by atoms with Gasteiger partial charge >= 0.3 is 0 Å². The molecule has 0 amide bonds. The molecule has 2 nitrogen and oxygen atoms in total. The quantitative estimate of drug-likeness (QED) is 0.807. The first-order valence-electron chi connectivity index (χ1n) is 6.78. The standard InChI is InChI=1S/C13H22O2S/c14-13(7-10-3-1-2-4-10)8-11-5-6-12(9-13)16(11)15/h10-12,14H,1-9H2. The van der Waals surface area contributed by atoms with Gasteiger partial charge in [0.05, 0.1) is 5.60 Å². The van der Waals surface area contributed by atoms with Crippen molar-refractivity contribution in [2.75, 3.05) is 0 Å². The van der Waals surface area contributed by atoms with E-state index in [0.29, 0.717) is 10.5 Å². The molecule has 3 heteroatoms. The third kappa shape index (κ3) is 1.97. The summed E-state index contributed by atoms with van der Waals surface area (Å²) in [5, 5.41) is 11.3. The Hall–Kier alpha value is 0.110. The fourth-order valence-electron chi connectivity index (χ4n) is 4.09. The van der Waals surface area contributed by atoms with Crippen LogP contribution >= 0.6 is 0 Å². The van der Waals surface area contributed by atoms with Crippen LogP contribution in [-0.4, -0.2) is 25.4 Å². The average molecular weight is 242 g/mol. The van der Waals surface area contributed by atoms with E-state index < -0.39 is 16.4 Å². The fraction of sp³-hybridized carbons (Fsp3) is 1.00. The van der Waals surface area contributed by atoms with Crippen LogP contribution in [0.25, 0.3) is 0 Å². The normalized spacial score (nSPS) is 48.7. The second kappa shape index (κ2) is 4.09. The summed E-state index contributed by atoms with van der Waals surface area (Å²) in [5.41, 5.74) is -0.464. The molecule has 0 spiro atoms. The SMILES string of the molecule is O=S1C2CCC1CC(O)(CC1CCCC1)C2. The van der Waals surface area contributed by atoms with Crippen LogP contribution in [0.15, 0.2) is 0 Å². The van der Waals surface area contributed by atoms with Gasteiger partial charge in [-0.2, -0.15) is 0 Å². The van der Waals surface area contributed by atoms with Crippen molar-refractivity contribution in [2.24, 2.45) is 5.92 Å². The van der Waals surface area contributed by atoms with Crippen LogP contribution in [0.3, 0.4) is 0 Å². The molecule has 3 aliphatic rings. The summed E-state index contributed by atoms with van der Waals surface area (Å²) in [7, 11) is -0.628. The van der Waals surface area contributed by atoms with Gasteiger partial charge in [0.1, 0.15) is 0 Å². The van der Waals surface area contributed by atoms with Crippen LogP contribution in [0.5, 0.6) is 0 Å². The molecule has 2 aliphatic heterocycles. The maximum atomic E-state index is 11.9. The Morgan fingerprint density at radius 3 is 2.19 bits per heavy atom. The van der Waals surface area contributed by atoms with E-state index in [1.807, 2.05) is 0 Å². The molecule has 1 aliphatic carbocycles. The number of aliphatic hydroxyl groups is 1. The first-order valence-corrected chi connectivity index (χ1v) is 8.06. The molecule has 92 valence electrons. The van der Waals surface area contributed by atoms with Crippen LogP contribution in [0.1, 0.15) is 57.8 Å². The van der Waals surface area contributed by atoms with E-state index in [9.17, 15) is 9.32 Å². The molecule has 2 heterocycles. The summed E-state index contributed by atoms with van der Waals surface area (Å²) in [4.78, 5) is 0. The molecule has 3 fully saturated rings. The maximum Gasteiger partial charge on any atom is 0.0673 e. The van der Waals surface area contributed by atoms with Crippen molar-refractivity contribution in [1.29, 1.82) is 0 Å². The second-order valence-corrected chi connectivity index (χ2v) is 8.13. The topological polar surface area (TPSA) is 37.3 Å². The van der Waals surface area contributed by atoms with E-state index in [2.05, 4.69) is 0 Å². The summed E-state index contributed by atoms with van der Waals surface area (Å²) < 4.78 is 11.9. The van der Waals surface area contributed by atoms with Crippen LogP contribution in [0.4, 0.5) is 0 Å². The minimum atomic E-state index is -0.628. The zero-order valence-corrected chi connectivity index (χ0v) is 10.7. The van der Waals surface area contributed by atoms with Gasteiger partial charge in [0.15, 0.2) is 0 Å². The van der Waals surface area contributed by atoms with Gasteiger partial charge in [0, 0.05) is 21.3 Å². The van der Waals surface area contributed by atoms with Gasteiger partial charge in [-0.15, -0.1) is 0 Å². The highest BCUT2D eigenvalue weighted by molar-refractivity contribution is 7.86. The van der Waals surface area contributed by atoms with Gasteiger partial charge in [-0.25, -0.2) is 0 Å². The van der Waals surface area contributed by atoms with Crippen molar-refractivity contribution < 1.29 is 9.32 Å². The van der Waals surface area contributed by atoms with Crippen molar-refractivity contribution in [3.63, 3.8) is 0 Å². The largest absolute Gasteiger partial charge is 0.390 e. The van der Waals surface area contributed by atoms with Crippen molar-refractivity contribution in [3.8, 4) is 0 Å². The Kier molecular flexibility index (Phi) is 2.87. The van der Waals surface area contributed by atoms with Crippen molar-refractivity contribution >= 4 is 10.8 Å². The van der Waals surface area contributed by atoms with E-state index in [1.54, 1.807) is 0 Å². The molecule has 0 aromatic rings. The lowest BCUT2D eigenvalue weighted by Gasteiger charge is -2.37. The monoisotopic (exact) mass is 242 g/mol. The smallest absolute Gasteiger partial charge is 0.0673 e. The predicted octanol–water partition coefficient (Wildman–Crippen LogP) is 2.37. The Morgan fingerprint density at radius 1 is 1.06 bits per heavy atom. The van der Waals surface area contributed by atoms with Crippen LogP contribution in [0, 0.1) is 5.92 Å². The third-order valence-corrected chi connectivity index (χ3v) is 6.95. The summed E-state index contributed by atoms with van der Waals surface area (Å²) in [6.07, 6.45) is 10.1. The molecule has 2 unspecified atom stereocenters. The molecule has 3 rings (SSSR count). The molecule has 0 radical (unpaired) electrons. The maximum absolute atomic E-state index is 11.9. The molecule has 0 aromatic carbocycles. The number of hydrogen-bond donors (Lipinski definition) is 1. The molecule has 0 aromatic heterocycles. The summed E-state index contributed by atoms with van der Waals surface area (Å²) in [6.45, 7) is 0. The summed E-state index contributed by atoms with van der Waals surface area (Å²) >= 11 is 0. The van der Waals surface area contributed by atoms with Gasteiger partial charge in [0.2, 0.25) is 0 Å². The lowest BCUT2D eigenvalue weighted by molar-refractivity contribution is -0.0000868. The Bertz CT molecular complexity index is 280. The molecule has 1 saturated carbocycles. The van der Waals surface area contributed by atoms with Gasteiger partial charge in [-0.1, -0.05) is 25.7 Å². The zero-order valence-electron chi connectivity index (χ0n) is 9.86. The third-order valence-electron chi connectivity index (χ3n) is 4.83. The Morgan fingerprint density at radius 2 is 1.62 bits per heavy atom. The molecule has 1 N–H and O–H groups in total. The van der Waals surface area contributed by atoms with Crippen LogP contribution in [-0.2, 0) is 10.8 Å². The molecule has 2 bridgehead atoms. The number of hydrogen-bond acceptors (Lipinski definition) is 2. The van der Waals surface area contributed by atoms with E-state index in [-0.39, 0.29) is 0 Å². The van der Waals surface area contributed by atoms with Gasteiger partial charge in [-0.3, -0.25) is 4.21 Å².